The Morgan fingerprint density at radius 1 is 1.09 bits per heavy atom. The van der Waals surface area contributed by atoms with Gasteiger partial charge in [-0.1, -0.05) is 0 Å². The zero-order valence-corrected chi connectivity index (χ0v) is 13.5. The molecule has 0 atom stereocenters. The maximum atomic E-state index is 12.3. The normalized spacial score (nSPS) is 14.8. The molecule has 126 valence electrons. The predicted molar refractivity (Wildman–Crippen MR) is 81.9 cm³/mol. The lowest BCUT2D eigenvalue weighted by molar-refractivity contribution is -0.137. The minimum absolute atomic E-state index is 0.0388. The van der Waals surface area contributed by atoms with Crippen molar-refractivity contribution in [3.63, 3.8) is 0 Å². The first-order chi connectivity index (χ1) is 11.1. The Labute approximate surface area is 136 Å². The largest absolute Gasteiger partial charge is 0.375 e. The van der Waals surface area contributed by atoms with E-state index in [1.165, 1.54) is 7.11 Å². The Morgan fingerprint density at radius 3 is 2.13 bits per heavy atom. The predicted octanol–water partition coefficient (Wildman–Crippen LogP) is -0.567. The van der Waals surface area contributed by atoms with Crippen molar-refractivity contribution in [2.45, 2.75) is 12.8 Å². The molecule has 1 aliphatic rings. The van der Waals surface area contributed by atoms with Crippen LogP contribution in [0.4, 0.5) is 0 Å². The van der Waals surface area contributed by atoms with E-state index < -0.39 is 0 Å². The van der Waals surface area contributed by atoms with Crippen LogP contribution in [0.1, 0.15) is 12.8 Å². The molecule has 1 fully saturated rings. The molecule has 0 N–H and O–H groups in total. The molecule has 1 saturated heterocycles. The van der Waals surface area contributed by atoms with Gasteiger partial charge >= 0.3 is 0 Å². The summed E-state index contributed by atoms with van der Waals surface area (Å²) in [4.78, 5) is 29.3. The highest BCUT2D eigenvalue weighted by Crippen LogP contribution is 2.04. The van der Waals surface area contributed by atoms with Crippen LogP contribution in [0.3, 0.4) is 0 Å². The number of carbonyl (C=O) groups excluding carboxylic acids is 2. The number of carbonyl (C=O) groups is 2. The summed E-state index contributed by atoms with van der Waals surface area (Å²) in [6.45, 7) is 3.44. The lowest BCUT2D eigenvalue weighted by Gasteiger charge is -2.35. The molecule has 1 heterocycles. The first kappa shape index (κ1) is 18.9. The first-order valence-corrected chi connectivity index (χ1v) is 7.63. The van der Waals surface area contributed by atoms with Gasteiger partial charge in [0.05, 0.1) is 31.5 Å². The molecule has 1 rings (SSSR count). The highest BCUT2D eigenvalue weighted by molar-refractivity contribution is 5.79. The quantitative estimate of drug-likeness (QED) is 0.593. The summed E-state index contributed by atoms with van der Waals surface area (Å²) in [5.41, 5.74) is 0. The minimum Gasteiger partial charge on any atom is -0.375 e. The van der Waals surface area contributed by atoms with Crippen molar-refractivity contribution in [2.24, 2.45) is 0 Å². The summed E-state index contributed by atoms with van der Waals surface area (Å²) in [5.74, 6) is -0.115. The van der Waals surface area contributed by atoms with Crippen molar-refractivity contribution in [1.82, 2.24) is 14.7 Å². The minimum atomic E-state index is -0.0767. The molecule has 23 heavy (non-hydrogen) atoms. The molecule has 0 bridgehead atoms. The second-order valence-corrected chi connectivity index (χ2v) is 5.29. The number of hydrogen-bond donors (Lipinski definition) is 0. The number of rotatable bonds is 8. The van der Waals surface area contributed by atoms with Crippen molar-refractivity contribution >= 4 is 11.8 Å². The van der Waals surface area contributed by atoms with Crippen LogP contribution in [0.5, 0.6) is 0 Å². The van der Waals surface area contributed by atoms with Crippen LogP contribution in [0, 0.1) is 22.7 Å². The van der Waals surface area contributed by atoms with Gasteiger partial charge in [-0.15, -0.1) is 0 Å². The Hall–Kier alpha value is -2.16. The third-order valence-corrected chi connectivity index (χ3v) is 3.69. The molecule has 2 amide bonds. The third-order valence-electron chi connectivity index (χ3n) is 3.69. The zero-order valence-electron chi connectivity index (χ0n) is 13.5. The fraction of sp³-hybridized carbons (Fsp3) is 0.733. The van der Waals surface area contributed by atoms with Crippen LogP contribution in [-0.2, 0) is 14.3 Å². The average Bonchev–Trinajstić information content (AvgIpc) is 2.55. The van der Waals surface area contributed by atoms with Gasteiger partial charge in [0.15, 0.2) is 0 Å². The highest BCUT2D eigenvalue weighted by atomic mass is 16.5. The van der Waals surface area contributed by atoms with Crippen molar-refractivity contribution in [2.75, 3.05) is 59.5 Å². The fourth-order valence-corrected chi connectivity index (χ4v) is 2.39. The molecule has 0 aromatic rings. The molecule has 0 aromatic heterocycles. The van der Waals surface area contributed by atoms with Crippen LogP contribution < -0.4 is 0 Å². The van der Waals surface area contributed by atoms with Gasteiger partial charge in [0.25, 0.3) is 0 Å². The SMILES string of the molecule is COCC(=O)N1CCN(CC(=O)N(CCC#N)CCC#N)CC1. The van der Waals surface area contributed by atoms with Gasteiger partial charge in [-0.25, -0.2) is 0 Å². The third kappa shape index (κ3) is 6.64. The van der Waals surface area contributed by atoms with E-state index in [0.29, 0.717) is 39.3 Å². The standard InChI is InChI=1S/C15H23N5O3/c1-23-13-15(22)20-10-8-18(9-11-20)12-14(21)19(6-2-4-16)7-3-5-17/h2-3,6-13H2,1H3. The number of methoxy groups -OCH3 is 1. The van der Waals surface area contributed by atoms with Crippen LogP contribution in [0.15, 0.2) is 0 Å². The van der Waals surface area contributed by atoms with E-state index in [-0.39, 0.29) is 37.8 Å². The van der Waals surface area contributed by atoms with Gasteiger partial charge in [0, 0.05) is 46.4 Å². The molecule has 1 aliphatic heterocycles. The summed E-state index contributed by atoms with van der Waals surface area (Å²) in [5, 5.41) is 17.3. The van der Waals surface area contributed by atoms with E-state index in [1.807, 2.05) is 17.0 Å². The second-order valence-electron chi connectivity index (χ2n) is 5.29. The molecule has 0 aliphatic carbocycles. The smallest absolute Gasteiger partial charge is 0.248 e. The number of hydrogen-bond acceptors (Lipinski definition) is 6. The molecule has 0 aromatic carbocycles. The van der Waals surface area contributed by atoms with Crippen LogP contribution >= 0.6 is 0 Å². The summed E-state index contributed by atoms with van der Waals surface area (Å²) in [7, 11) is 1.49. The highest BCUT2D eigenvalue weighted by Gasteiger charge is 2.23. The number of amides is 2. The molecule has 8 nitrogen and oxygen atoms in total. The van der Waals surface area contributed by atoms with Gasteiger partial charge < -0.3 is 14.5 Å². The van der Waals surface area contributed by atoms with E-state index in [2.05, 4.69) is 0 Å². The molecule has 0 spiro atoms. The van der Waals surface area contributed by atoms with E-state index in [1.54, 1.807) is 9.80 Å². The maximum absolute atomic E-state index is 12.3. The fourth-order valence-electron chi connectivity index (χ4n) is 2.39. The van der Waals surface area contributed by atoms with Crippen molar-refractivity contribution in [3.8, 4) is 12.1 Å². The van der Waals surface area contributed by atoms with Crippen molar-refractivity contribution in [1.29, 1.82) is 10.5 Å². The number of nitrogens with zero attached hydrogens (tertiary/aromatic N) is 5. The van der Waals surface area contributed by atoms with Gasteiger partial charge in [0.1, 0.15) is 6.61 Å². The molecule has 0 radical (unpaired) electrons. The lowest BCUT2D eigenvalue weighted by atomic mass is 10.3. The molecular formula is C15H23N5O3. The molecule has 8 heteroatoms. The Morgan fingerprint density at radius 2 is 1.65 bits per heavy atom. The van der Waals surface area contributed by atoms with Gasteiger partial charge in [-0.05, 0) is 0 Å². The molecule has 0 saturated carbocycles. The van der Waals surface area contributed by atoms with Crippen LogP contribution in [0.25, 0.3) is 0 Å². The van der Waals surface area contributed by atoms with Crippen molar-refractivity contribution < 1.29 is 14.3 Å². The number of nitriles is 2. The van der Waals surface area contributed by atoms with Crippen molar-refractivity contribution in [3.05, 3.63) is 0 Å². The van der Waals surface area contributed by atoms with Crippen LogP contribution in [-0.4, -0.2) is 86.0 Å². The topological polar surface area (TPSA) is 101 Å². The number of piperazine rings is 1. The Bertz CT molecular complexity index is 456. The monoisotopic (exact) mass is 321 g/mol. The first-order valence-electron chi connectivity index (χ1n) is 7.63. The summed E-state index contributed by atoms with van der Waals surface area (Å²) >= 11 is 0. The maximum Gasteiger partial charge on any atom is 0.248 e. The van der Waals surface area contributed by atoms with E-state index in [9.17, 15) is 9.59 Å². The Balaban J connectivity index is 2.43. The lowest BCUT2D eigenvalue weighted by Crippen LogP contribution is -2.52. The van der Waals surface area contributed by atoms with Gasteiger partial charge in [0.2, 0.25) is 11.8 Å². The Kier molecular flexibility index (Phi) is 8.66. The summed E-state index contributed by atoms with van der Waals surface area (Å²) in [6, 6.07) is 4.03. The number of ether oxygens (including phenoxy) is 1. The van der Waals surface area contributed by atoms with Gasteiger partial charge in [-0.3, -0.25) is 14.5 Å². The molecular weight excluding hydrogens is 298 g/mol. The van der Waals surface area contributed by atoms with Gasteiger partial charge in [-0.2, -0.15) is 10.5 Å². The van der Waals surface area contributed by atoms with E-state index >= 15 is 0 Å². The summed E-state index contributed by atoms with van der Waals surface area (Å²) in [6.07, 6.45) is 0.521. The van der Waals surface area contributed by atoms with E-state index in [0.717, 1.165) is 0 Å². The average molecular weight is 321 g/mol. The molecule has 0 unspecified atom stereocenters. The summed E-state index contributed by atoms with van der Waals surface area (Å²) < 4.78 is 4.84. The second kappa shape index (κ2) is 10.5. The zero-order chi connectivity index (χ0) is 17.1. The van der Waals surface area contributed by atoms with E-state index in [4.69, 9.17) is 15.3 Å². The van der Waals surface area contributed by atoms with Crippen LogP contribution in [0.2, 0.25) is 0 Å².